The van der Waals surface area contributed by atoms with E-state index < -0.39 is 17.9 Å². The van der Waals surface area contributed by atoms with Gasteiger partial charge in [-0.25, -0.2) is 0 Å². The maximum Gasteiger partial charge on any atom is 0.321 e. The third kappa shape index (κ3) is 4.76. The monoisotopic (exact) mass is 370 g/mol. The van der Waals surface area contributed by atoms with Crippen molar-refractivity contribution in [3.63, 3.8) is 0 Å². The van der Waals surface area contributed by atoms with E-state index in [2.05, 4.69) is 0 Å². The first-order valence-electron chi connectivity index (χ1n) is 8.07. The molecular weight excluding hydrogens is 348 g/mol. The molecule has 0 aromatic heterocycles. The zero-order chi connectivity index (χ0) is 18.6. The molecule has 2 atom stereocenters. The molecule has 3 N–H and O–H groups in total. The van der Waals surface area contributed by atoms with E-state index >= 15 is 0 Å². The molecule has 7 nitrogen and oxygen atoms in total. The number of rotatable bonds is 7. The third-order valence-corrected chi connectivity index (χ3v) is 4.60. The highest BCUT2D eigenvalue weighted by molar-refractivity contribution is 6.32. The molecule has 0 saturated carbocycles. The summed E-state index contributed by atoms with van der Waals surface area (Å²) in [6, 6.07) is 2.91. The van der Waals surface area contributed by atoms with Crippen LogP contribution in [0, 0.1) is 5.92 Å². The first kappa shape index (κ1) is 19.3. The minimum absolute atomic E-state index is 0.0850. The lowest BCUT2D eigenvalue weighted by Crippen LogP contribution is -2.48. The van der Waals surface area contributed by atoms with Crippen molar-refractivity contribution in [2.75, 3.05) is 20.3 Å². The number of carbonyl (C=O) groups is 2. The minimum Gasteiger partial charge on any atom is -0.493 e. The summed E-state index contributed by atoms with van der Waals surface area (Å²) >= 11 is 6.25. The second kappa shape index (κ2) is 8.40. The molecule has 1 amide bonds. The van der Waals surface area contributed by atoms with Crippen LogP contribution >= 0.6 is 11.6 Å². The average molecular weight is 371 g/mol. The molecular formula is C17H23ClN2O5. The van der Waals surface area contributed by atoms with Crippen LogP contribution in [-0.4, -0.2) is 48.2 Å². The van der Waals surface area contributed by atoms with Gasteiger partial charge in [0.1, 0.15) is 6.04 Å². The first-order chi connectivity index (χ1) is 11.8. The van der Waals surface area contributed by atoms with Crippen molar-refractivity contribution < 1.29 is 24.2 Å². The summed E-state index contributed by atoms with van der Waals surface area (Å²) in [6.45, 7) is 2.80. The van der Waals surface area contributed by atoms with Gasteiger partial charge in [-0.2, -0.15) is 0 Å². The number of benzene rings is 1. The predicted molar refractivity (Wildman–Crippen MR) is 92.9 cm³/mol. The summed E-state index contributed by atoms with van der Waals surface area (Å²) in [7, 11) is 1.47. The van der Waals surface area contributed by atoms with Crippen LogP contribution in [0.25, 0.3) is 0 Å². The van der Waals surface area contributed by atoms with Gasteiger partial charge in [0.05, 0.1) is 12.1 Å². The SMILES string of the molecule is COc1cc(CN2CCCC(C)C2C(=O)O)cc(Cl)c1OCC(N)=O. The van der Waals surface area contributed by atoms with Crippen LogP contribution < -0.4 is 15.2 Å². The van der Waals surface area contributed by atoms with Gasteiger partial charge in [-0.1, -0.05) is 18.5 Å². The molecule has 2 unspecified atom stereocenters. The molecule has 8 heteroatoms. The van der Waals surface area contributed by atoms with E-state index in [9.17, 15) is 14.7 Å². The molecule has 0 bridgehead atoms. The maximum absolute atomic E-state index is 11.6. The van der Waals surface area contributed by atoms with Gasteiger partial charge in [0.15, 0.2) is 18.1 Å². The molecule has 1 heterocycles. The van der Waals surface area contributed by atoms with E-state index in [1.165, 1.54) is 7.11 Å². The Kier molecular flexibility index (Phi) is 6.50. The number of nitrogens with two attached hydrogens (primary N) is 1. The molecule has 0 aliphatic carbocycles. The number of likely N-dealkylation sites (tertiary alicyclic amines) is 1. The van der Waals surface area contributed by atoms with Gasteiger partial charge in [-0.3, -0.25) is 14.5 Å². The summed E-state index contributed by atoms with van der Waals surface area (Å²) in [5, 5.41) is 9.81. The van der Waals surface area contributed by atoms with E-state index in [4.69, 9.17) is 26.8 Å². The number of halogens is 1. The Hall–Kier alpha value is -1.99. The van der Waals surface area contributed by atoms with Gasteiger partial charge in [0.2, 0.25) is 0 Å². The Morgan fingerprint density at radius 3 is 2.76 bits per heavy atom. The number of methoxy groups -OCH3 is 1. The number of piperidine rings is 1. The van der Waals surface area contributed by atoms with E-state index in [-0.39, 0.29) is 23.3 Å². The Labute approximate surface area is 151 Å². The Balaban J connectivity index is 2.23. The Morgan fingerprint density at radius 2 is 2.16 bits per heavy atom. The molecule has 1 aromatic carbocycles. The molecule has 1 fully saturated rings. The number of primary amides is 1. The van der Waals surface area contributed by atoms with Crippen LogP contribution in [0.2, 0.25) is 5.02 Å². The van der Waals surface area contributed by atoms with Crippen LogP contribution in [0.1, 0.15) is 25.3 Å². The van der Waals surface area contributed by atoms with Gasteiger partial charge < -0.3 is 20.3 Å². The standard InChI is InChI=1S/C17H23ClN2O5/c1-10-4-3-5-20(15(10)17(22)23)8-11-6-12(18)16(13(7-11)24-2)25-9-14(19)21/h6-7,10,15H,3-5,8-9H2,1-2H3,(H2,19,21)(H,22,23). The number of aliphatic carboxylic acids is 1. The fourth-order valence-electron chi connectivity index (χ4n) is 3.23. The van der Waals surface area contributed by atoms with Gasteiger partial charge in [0, 0.05) is 6.54 Å². The number of carboxylic acids is 1. The van der Waals surface area contributed by atoms with Gasteiger partial charge in [-0.15, -0.1) is 0 Å². The maximum atomic E-state index is 11.6. The van der Waals surface area contributed by atoms with Crippen molar-refractivity contribution in [3.05, 3.63) is 22.7 Å². The van der Waals surface area contributed by atoms with Crippen molar-refractivity contribution >= 4 is 23.5 Å². The van der Waals surface area contributed by atoms with Crippen LogP contribution in [0.4, 0.5) is 0 Å². The first-order valence-corrected chi connectivity index (χ1v) is 8.45. The number of ether oxygens (including phenoxy) is 2. The van der Waals surface area contributed by atoms with Crippen LogP contribution in [0.3, 0.4) is 0 Å². The van der Waals surface area contributed by atoms with E-state index in [0.29, 0.717) is 18.8 Å². The molecule has 1 aromatic rings. The normalized spacial score (nSPS) is 20.9. The summed E-state index contributed by atoms with van der Waals surface area (Å²) < 4.78 is 10.6. The number of hydrogen-bond acceptors (Lipinski definition) is 5. The van der Waals surface area contributed by atoms with Crippen molar-refractivity contribution in [3.8, 4) is 11.5 Å². The van der Waals surface area contributed by atoms with Crippen LogP contribution in [0.5, 0.6) is 11.5 Å². The van der Waals surface area contributed by atoms with Crippen LogP contribution in [-0.2, 0) is 16.1 Å². The minimum atomic E-state index is -0.813. The average Bonchev–Trinajstić information content (AvgIpc) is 2.52. The molecule has 1 aliphatic heterocycles. The third-order valence-electron chi connectivity index (χ3n) is 4.32. The number of carboxylic acid groups (broad SMARTS) is 1. The largest absolute Gasteiger partial charge is 0.493 e. The molecule has 0 radical (unpaired) electrons. The van der Waals surface area contributed by atoms with Crippen LogP contribution in [0.15, 0.2) is 12.1 Å². The quantitative estimate of drug-likeness (QED) is 0.760. The topological polar surface area (TPSA) is 102 Å². The lowest BCUT2D eigenvalue weighted by molar-refractivity contribution is -0.147. The molecule has 1 aliphatic rings. The Bertz CT molecular complexity index is 652. The van der Waals surface area contributed by atoms with Crippen molar-refractivity contribution in [2.45, 2.75) is 32.4 Å². The molecule has 138 valence electrons. The number of amides is 1. The highest BCUT2D eigenvalue weighted by Gasteiger charge is 2.34. The van der Waals surface area contributed by atoms with E-state index in [0.717, 1.165) is 18.4 Å². The molecule has 1 saturated heterocycles. The fraction of sp³-hybridized carbons (Fsp3) is 0.529. The second-order valence-corrected chi connectivity index (χ2v) is 6.64. The van der Waals surface area contributed by atoms with E-state index in [1.54, 1.807) is 12.1 Å². The van der Waals surface area contributed by atoms with Crippen molar-refractivity contribution in [1.82, 2.24) is 4.90 Å². The van der Waals surface area contributed by atoms with Gasteiger partial charge >= 0.3 is 5.97 Å². The number of nitrogens with zero attached hydrogens (tertiary/aromatic N) is 1. The van der Waals surface area contributed by atoms with Crippen molar-refractivity contribution in [1.29, 1.82) is 0 Å². The summed E-state index contributed by atoms with van der Waals surface area (Å²) in [4.78, 5) is 24.4. The number of carbonyl (C=O) groups excluding carboxylic acids is 1. The van der Waals surface area contributed by atoms with Gasteiger partial charge in [-0.05, 0) is 43.0 Å². The van der Waals surface area contributed by atoms with Gasteiger partial charge in [0.25, 0.3) is 5.91 Å². The smallest absolute Gasteiger partial charge is 0.321 e. The molecule has 2 rings (SSSR count). The summed E-state index contributed by atoms with van der Waals surface area (Å²) in [6.07, 6.45) is 1.85. The Morgan fingerprint density at radius 1 is 1.44 bits per heavy atom. The summed E-state index contributed by atoms with van der Waals surface area (Å²) in [5.74, 6) is -0.725. The zero-order valence-electron chi connectivity index (χ0n) is 14.3. The molecule has 0 spiro atoms. The fourth-order valence-corrected chi connectivity index (χ4v) is 3.52. The number of hydrogen-bond donors (Lipinski definition) is 2. The highest BCUT2D eigenvalue weighted by Crippen LogP contribution is 2.37. The lowest BCUT2D eigenvalue weighted by atomic mass is 9.90. The predicted octanol–water partition coefficient (Wildman–Crippen LogP) is 1.90. The zero-order valence-corrected chi connectivity index (χ0v) is 15.1. The van der Waals surface area contributed by atoms with Crippen molar-refractivity contribution in [2.24, 2.45) is 11.7 Å². The van der Waals surface area contributed by atoms with E-state index in [1.807, 2.05) is 11.8 Å². The lowest BCUT2D eigenvalue weighted by Gasteiger charge is -2.37. The highest BCUT2D eigenvalue weighted by atomic mass is 35.5. The summed E-state index contributed by atoms with van der Waals surface area (Å²) in [5.41, 5.74) is 5.90. The second-order valence-electron chi connectivity index (χ2n) is 6.24. The molecule has 25 heavy (non-hydrogen) atoms.